The SMILES string of the molecule is CNc1ccc(-c2ccc3nc(N)nc(-c4ccccc4)c3n2)cc1. The molecule has 5 heteroatoms. The van der Waals surface area contributed by atoms with Crippen LogP contribution >= 0.6 is 0 Å². The van der Waals surface area contributed by atoms with Gasteiger partial charge in [-0.1, -0.05) is 42.5 Å². The molecule has 0 aliphatic heterocycles. The van der Waals surface area contributed by atoms with Gasteiger partial charge in [0.15, 0.2) is 0 Å². The molecule has 2 aromatic heterocycles. The maximum Gasteiger partial charge on any atom is 0.221 e. The van der Waals surface area contributed by atoms with Gasteiger partial charge in [0.25, 0.3) is 0 Å². The number of aromatic nitrogens is 3. The average molecular weight is 327 g/mol. The summed E-state index contributed by atoms with van der Waals surface area (Å²) < 4.78 is 0. The third-order valence-corrected chi connectivity index (χ3v) is 4.08. The number of anilines is 2. The smallest absolute Gasteiger partial charge is 0.221 e. The Bertz CT molecular complexity index is 1030. The quantitative estimate of drug-likeness (QED) is 0.595. The highest BCUT2D eigenvalue weighted by molar-refractivity contribution is 5.91. The Balaban J connectivity index is 1.90. The van der Waals surface area contributed by atoms with E-state index in [2.05, 4.69) is 15.3 Å². The van der Waals surface area contributed by atoms with Crippen LogP contribution in [0, 0.1) is 0 Å². The highest BCUT2D eigenvalue weighted by Gasteiger charge is 2.11. The molecular formula is C20H17N5. The number of nitrogen functional groups attached to an aromatic ring is 1. The second-order valence-corrected chi connectivity index (χ2v) is 5.69. The molecule has 0 aliphatic carbocycles. The van der Waals surface area contributed by atoms with Gasteiger partial charge in [-0.05, 0) is 24.3 Å². The second kappa shape index (κ2) is 6.20. The van der Waals surface area contributed by atoms with E-state index in [-0.39, 0.29) is 5.95 Å². The Morgan fingerprint density at radius 1 is 0.760 bits per heavy atom. The van der Waals surface area contributed by atoms with Crippen molar-refractivity contribution in [1.82, 2.24) is 15.0 Å². The number of hydrogen-bond acceptors (Lipinski definition) is 5. The first-order valence-corrected chi connectivity index (χ1v) is 8.02. The zero-order valence-electron chi connectivity index (χ0n) is 13.8. The van der Waals surface area contributed by atoms with Gasteiger partial charge < -0.3 is 11.1 Å². The molecule has 0 unspecified atom stereocenters. The van der Waals surface area contributed by atoms with Crippen molar-refractivity contribution in [2.24, 2.45) is 0 Å². The summed E-state index contributed by atoms with van der Waals surface area (Å²) in [7, 11) is 1.90. The minimum absolute atomic E-state index is 0.249. The molecule has 3 N–H and O–H groups in total. The van der Waals surface area contributed by atoms with E-state index in [0.717, 1.165) is 39.2 Å². The Morgan fingerprint density at radius 3 is 2.24 bits per heavy atom. The van der Waals surface area contributed by atoms with Crippen molar-refractivity contribution < 1.29 is 0 Å². The first kappa shape index (κ1) is 15.1. The Hall–Kier alpha value is -3.47. The maximum atomic E-state index is 5.89. The molecule has 25 heavy (non-hydrogen) atoms. The molecule has 4 rings (SSSR count). The predicted octanol–water partition coefficient (Wildman–Crippen LogP) is 3.98. The van der Waals surface area contributed by atoms with Crippen molar-refractivity contribution in [3.63, 3.8) is 0 Å². The molecule has 5 nitrogen and oxygen atoms in total. The van der Waals surface area contributed by atoms with Gasteiger partial charge in [-0.2, -0.15) is 0 Å². The average Bonchev–Trinajstić information content (AvgIpc) is 2.68. The standard InChI is InChI=1S/C20H17N5/c1-22-15-9-7-13(8-10-15)16-11-12-17-19(23-16)18(25-20(21)24-17)14-5-3-2-4-6-14/h2-12,22H,1H3,(H2,21,24,25). The molecule has 0 fully saturated rings. The van der Waals surface area contributed by atoms with E-state index in [9.17, 15) is 0 Å². The Labute approximate surface area is 145 Å². The van der Waals surface area contributed by atoms with Gasteiger partial charge >= 0.3 is 0 Å². The number of nitrogens with zero attached hydrogens (tertiary/aromatic N) is 3. The molecular weight excluding hydrogens is 310 g/mol. The lowest BCUT2D eigenvalue weighted by Gasteiger charge is -2.09. The fourth-order valence-electron chi connectivity index (χ4n) is 2.80. The van der Waals surface area contributed by atoms with Crippen molar-refractivity contribution in [3.8, 4) is 22.5 Å². The van der Waals surface area contributed by atoms with Crippen molar-refractivity contribution in [2.75, 3.05) is 18.1 Å². The van der Waals surface area contributed by atoms with Gasteiger partial charge in [-0.15, -0.1) is 0 Å². The van der Waals surface area contributed by atoms with Crippen LogP contribution in [0.15, 0.2) is 66.7 Å². The molecule has 0 amide bonds. The topological polar surface area (TPSA) is 76.7 Å². The Morgan fingerprint density at radius 2 is 1.52 bits per heavy atom. The number of nitrogens with one attached hydrogen (secondary N) is 1. The van der Waals surface area contributed by atoms with Crippen LogP contribution in [0.3, 0.4) is 0 Å². The van der Waals surface area contributed by atoms with E-state index in [1.54, 1.807) is 0 Å². The third kappa shape index (κ3) is 2.87. The highest BCUT2D eigenvalue weighted by atomic mass is 15.0. The monoisotopic (exact) mass is 327 g/mol. The molecule has 2 aromatic carbocycles. The van der Waals surface area contributed by atoms with Crippen LogP contribution in [0.5, 0.6) is 0 Å². The van der Waals surface area contributed by atoms with E-state index in [0.29, 0.717) is 0 Å². The van der Waals surface area contributed by atoms with E-state index >= 15 is 0 Å². The molecule has 0 spiro atoms. The molecule has 0 saturated heterocycles. The summed E-state index contributed by atoms with van der Waals surface area (Å²) in [6, 6.07) is 21.9. The first-order valence-electron chi connectivity index (χ1n) is 8.02. The number of fused-ring (bicyclic) bond motifs is 1. The van der Waals surface area contributed by atoms with Gasteiger partial charge in [0.1, 0.15) is 11.2 Å². The molecule has 4 aromatic rings. The fourth-order valence-corrected chi connectivity index (χ4v) is 2.80. The van der Waals surface area contributed by atoms with Crippen molar-refractivity contribution in [1.29, 1.82) is 0 Å². The lowest BCUT2D eigenvalue weighted by atomic mass is 10.1. The molecule has 0 aliphatic rings. The summed E-state index contributed by atoms with van der Waals surface area (Å²) in [5.41, 5.74) is 12.1. The molecule has 0 radical (unpaired) electrons. The van der Waals surface area contributed by atoms with Crippen molar-refractivity contribution in [2.45, 2.75) is 0 Å². The number of pyridine rings is 1. The lowest BCUT2D eigenvalue weighted by molar-refractivity contribution is 1.21. The summed E-state index contributed by atoms with van der Waals surface area (Å²) in [6.45, 7) is 0. The van der Waals surface area contributed by atoms with Crippen LogP contribution in [0.25, 0.3) is 33.5 Å². The minimum Gasteiger partial charge on any atom is -0.388 e. The summed E-state index contributed by atoms with van der Waals surface area (Å²) >= 11 is 0. The zero-order chi connectivity index (χ0) is 17.2. The van der Waals surface area contributed by atoms with Crippen LogP contribution in [0.2, 0.25) is 0 Å². The third-order valence-electron chi connectivity index (χ3n) is 4.08. The minimum atomic E-state index is 0.249. The summed E-state index contributed by atoms with van der Waals surface area (Å²) in [4.78, 5) is 13.6. The number of hydrogen-bond donors (Lipinski definition) is 2. The number of rotatable bonds is 3. The van der Waals surface area contributed by atoms with Crippen LogP contribution in [-0.4, -0.2) is 22.0 Å². The van der Waals surface area contributed by atoms with Gasteiger partial charge in [0.2, 0.25) is 5.95 Å². The van der Waals surface area contributed by atoms with Crippen LogP contribution in [-0.2, 0) is 0 Å². The summed E-state index contributed by atoms with van der Waals surface area (Å²) in [5, 5.41) is 3.12. The van der Waals surface area contributed by atoms with Crippen LogP contribution < -0.4 is 11.1 Å². The molecule has 0 atom stereocenters. The van der Waals surface area contributed by atoms with Crippen LogP contribution in [0.4, 0.5) is 11.6 Å². The van der Waals surface area contributed by atoms with Crippen molar-refractivity contribution >= 4 is 22.7 Å². The van der Waals surface area contributed by atoms with E-state index in [4.69, 9.17) is 10.7 Å². The van der Waals surface area contributed by atoms with Crippen molar-refractivity contribution in [3.05, 3.63) is 66.7 Å². The first-order chi connectivity index (χ1) is 12.2. The van der Waals surface area contributed by atoms with E-state index in [1.807, 2.05) is 73.8 Å². The maximum absolute atomic E-state index is 5.89. The van der Waals surface area contributed by atoms with Gasteiger partial charge in [-0.25, -0.2) is 15.0 Å². The molecule has 122 valence electrons. The highest BCUT2D eigenvalue weighted by Crippen LogP contribution is 2.28. The van der Waals surface area contributed by atoms with Crippen LogP contribution in [0.1, 0.15) is 0 Å². The zero-order valence-corrected chi connectivity index (χ0v) is 13.8. The lowest BCUT2D eigenvalue weighted by Crippen LogP contribution is -2.00. The van der Waals surface area contributed by atoms with Gasteiger partial charge in [0, 0.05) is 23.9 Å². The molecule has 2 heterocycles. The number of benzene rings is 2. The largest absolute Gasteiger partial charge is 0.388 e. The van der Waals surface area contributed by atoms with Gasteiger partial charge in [-0.3, -0.25) is 0 Å². The normalized spacial score (nSPS) is 10.8. The molecule has 0 saturated carbocycles. The predicted molar refractivity (Wildman–Crippen MR) is 102 cm³/mol. The van der Waals surface area contributed by atoms with E-state index < -0.39 is 0 Å². The Kier molecular flexibility index (Phi) is 3.74. The molecule has 0 bridgehead atoms. The fraction of sp³-hybridized carbons (Fsp3) is 0.0500. The summed E-state index contributed by atoms with van der Waals surface area (Å²) in [5.74, 6) is 0.249. The second-order valence-electron chi connectivity index (χ2n) is 5.69. The number of nitrogens with two attached hydrogens (primary N) is 1. The summed E-state index contributed by atoms with van der Waals surface area (Å²) in [6.07, 6.45) is 0. The van der Waals surface area contributed by atoms with E-state index in [1.165, 1.54) is 0 Å². The van der Waals surface area contributed by atoms with Gasteiger partial charge in [0.05, 0.1) is 11.2 Å².